The second-order valence-corrected chi connectivity index (χ2v) is 6.94. The van der Waals surface area contributed by atoms with Gasteiger partial charge in [-0.3, -0.25) is 0 Å². The van der Waals surface area contributed by atoms with Crippen molar-refractivity contribution in [1.82, 2.24) is 30.2 Å². The molecule has 0 aliphatic heterocycles. The lowest BCUT2D eigenvalue weighted by molar-refractivity contribution is 0.0685. The van der Waals surface area contributed by atoms with Gasteiger partial charge in [0.25, 0.3) is 0 Å². The minimum Gasteiger partial charge on any atom is -0.476 e. The number of aromatic carboxylic acids is 1. The Morgan fingerprint density at radius 2 is 1.97 bits per heavy atom. The van der Waals surface area contributed by atoms with E-state index in [4.69, 9.17) is 19.8 Å². The molecule has 2 aromatic heterocycles. The number of H-pyrrole nitrogens is 1. The van der Waals surface area contributed by atoms with Gasteiger partial charge in [-0.1, -0.05) is 73.4 Å². The summed E-state index contributed by atoms with van der Waals surface area (Å²) in [7, 11) is 0. The van der Waals surface area contributed by atoms with E-state index in [1.165, 1.54) is 24.3 Å². The van der Waals surface area contributed by atoms with Gasteiger partial charge in [-0.2, -0.15) is 5.21 Å². The van der Waals surface area contributed by atoms with Crippen molar-refractivity contribution in [1.29, 1.82) is 0 Å². The number of hydrogen-bond acceptors (Lipinski definition) is 5. The quantitative estimate of drug-likeness (QED) is 0.372. The van der Waals surface area contributed by atoms with Crippen LogP contribution in [-0.4, -0.2) is 41.3 Å². The van der Waals surface area contributed by atoms with Crippen molar-refractivity contribution >= 4 is 30.0 Å². The van der Waals surface area contributed by atoms with Gasteiger partial charge in [-0.05, 0) is 28.3 Å². The molecule has 0 fully saturated rings. The fraction of sp³-hybridized carbons (Fsp3) is 0.227. The molecular weight excluding hydrogens is 451 g/mol. The zero-order valence-corrected chi connectivity index (χ0v) is 18.4. The molecule has 4 rings (SSSR count). The number of aromatic amines is 1. The van der Waals surface area contributed by atoms with Crippen molar-refractivity contribution in [2.24, 2.45) is 0 Å². The Labute approximate surface area is 204 Å². The number of imidazole rings is 1. The van der Waals surface area contributed by atoms with Crippen LogP contribution >= 0.6 is 24.0 Å². The normalized spacial score (nSPS) is 13.8. The number of halogens is 2. The highest BCUT2D eigenvalue weighted by atomic mass is 35.5. The predicted octanol–water partition coefficient (Wildman–Crippen LogP) is 4.89. The van der Waals surface area contributed by atoms with Crippen LogP contribution in [0.15, 0.2) is 48.4 Å². The highest BCUT2D eigenvalue weighted by molar-refractivity contribution is 6.32. The van der Waals surface area contributed by atoms with Gasteiger partial charge in [0.1, 0.15) is 5.82 Å². The van der Waals surface area contributed by atoms with Gasteiger partial charge in [0, 0.05) is 18.5 Å². The monoisotopic (exact) mass is 478 g/mol. The molecule has 0 radical (unpaired) electrons. The number of tetrazole rings is 1. The van der Waals surface area contributed by atoms with Crippen LogP contribution in [0, 0.1) is 0 Å². The van der Waals surface area contributed by atoms with Gasteiger partial charge in [0.15, 0.2) is 10.8 Å². The zero-order chi connectivity index (χ0) is 27.1. The summed E-state index contributed by atoms with van der Waals surface area (Å²) in [6.45, 7) is -0.399. The average molecular weight is 479 g/mol. The van der Waals surface area contributed by atoms with Crippen molar-refractivity contribution in [3.05, 3.63) is 70.7 Å². The van der Waals surface area contributed by atoms with E-state index >= 15 is 0 Å². The second-order valence-electron chi connectivity index (χ2n) is 6.59. The smallest absolute Gasteiger partial charge is 0.355 e. The van der Waals surface area contributed by atoms with Crippen LogP contribution < -0.4 is 0 Å². The number of unbranched alkanes of at least 4 members (excludes halogenated alkanes) is 1. The minimum atomic E-state index is -2.35. The molecule has 0 spiro atoms. The third-order valence-electron chi connectivity index (χ3n) is 4.53. The Kier molecular flexibility index (Phi) is 5.33. The molecule has 10 heteroatoms. The summed E-state index contributed by atoms with van der Waals surface area (Å²) in [4.78, 5) is 16.0. The van der Waals surface area contributed by atoms with E-state index in [0.717, 1.165) is 11.0 Å². The zero-order valence-electron chi connectivity index (χ0n) is 22.8. The topological polar surface area (TPSA) is 110 Å². The molecule has 2 aromatic carbocycles. The highest BCUT2D eigenvalue weighted by Crippen LogP contribution is 2.30. The standard InChI is InChI=1S/C22H21ClN6O2.ClH/c1-2-3-8-18-24-20(23)19(22(30)31)29(18)13-14-9-11-15(12-10-14)16-6-4-5-7-17(16)21-25-27-28-26-21;/h4-7,9-12H,2-3,8,13H2,1H3,(H,30,31)(H,25,26,27,28);1H/i4D,5D,6D,7D,13D2;. The molecule has 2 heterocycles. The third-order valence-corrected chi connectivity index (χ3v) is 4.80. The molecule has 0 atom stereocenters. The van der Waals surface area contributed by atoms with Gasteiger partial charge < -0.3 is 9.67 Å². The van der Waals surface area contributed by atoms with E-state index in [9.17, 15) is 9.90 Å². The number of aromatic nitrogens is 6. The van der Waals surface area contributed by atoms with Crippen LogP contribution in [0.1, 0.15) is 49.9 Å². The van der Waals surface area contributed by atoms with Crippen molar-refractivity contribution in [2.45, 2.75) is 32.7 Å². The molecule has 0 saturated carbocycles. The van der Waals surface area contributed by atoms with E-state index in [1.807, 2.05) is 6.92 Å². The Balaban J connectivity index is 0.00000400. The largest absolute Gasteiger partial charge is 0.476 e. The summed E-state index contributed by atoms with van der Waals surface area (Å²) in [5.74, 6) is -1.23. The van der Waals surface area contributed by atoms with Crippen molar-refractivity contribution in [3.8, 4) is 22.5 Å². The number of carboxylic acid groups (broad SMARTS) is 1. The highest BCUT2D eigenvalue weighted by Gasteiger charge is 2.21. The van der Waals surface area contributed by atoms with Crippen LogP contribution in [0.5, 0.6) is 0 Å². The molecule has 4 aromatic rings. The van der Waals surface area contributed by atoms with E-state index < -0.39 is 30.2 Å². The first-order chi connectivity index (χ1) is 17.5. The molecule has 2 N–H and O–H groups in total. The predicted molar refractivity (Wildman–Crippen MR) is 124 cm³/mol. The number of carboxylic acids is 1. The number of carbonyl (C=O) groups is 1. The molecule has 0 aliphatic rings. The van der Waals surface area contributed by atoms with Gasteiger partial charge in [-0.25, -0.2) is 9.78 Å². The van der Waals surface area contributed by atoms with Gasteiger partial charge in [0.2, 0.25) is 5.82 Å². The number of benzene rings is 2. The first kappa shape index (κ1) is 16.4. The molecule has 0 aliphatic carbocycles. The van der Waals surface area contributed by atoms with Crippen molar-refractivity contribution in [2.75, 3.05) is 0 Å². The average Bonchev–Trinajstić information content (AvgIpc) is 3.51. The number of nitrogens with zero attached hydrogens (tertiary/aromatic N) is 5. The summed E-state index contributed by atoms with van der Waals surface area (Å²) < 4.78 is 51.5. The molecule has 8 nitrogen and oxygen atoms in total. The number of rotatable bonds is 8. The molecular formula is C22H22Cl2N6O2. The Bertz CT molecular complexity index is 1480. The van der Waals surface area contributed by atoms with Crippen LogP contribution in [0.4, 0.5) is 0 Å². The Morgan fingerprint density at radius 1 is 1.25 bits per heavy atom. The number of nitrogens with one attached hydrogen (secondary N) is 1. The van der Waals surface area contributed by atoms with Crippen molar-refractivity contribution < 1.29 is 18.1 Å². The fourth-order valence-electron chi connectivity index (χ4n) is 3.05. The maximum absolute atomic E-state index is 11.9. The Hall–Kier alpha value is -3.23. The maximum atomic E-state index is 11.9. The van der Waals surface area contributed by atoms with Crippen LogP contribution in [0.2, 0.25) is 5.15 Å². The lowest BCUT2D eigenvalue weighted by Crippen LogP contribution is -2.13. The van der Waals surface area contributed by atoms with Gasteiger partial charge in [-0.15, -0.1) is 22.6 Å². The first-order valence-electron chi connectivity index (χ1n) is 12.5. The molecule has 0 bridgehead atoms. The molecule has 166 valence electrons. The number of hydrogen-bond donors (Lipinski definition) is 2. The molecule has 0 amide bonds. The summed E-state index contributed by atoms with van der Waals surface area (Å²) in [6.07, 6.45) is 1.77. The van der Waals surface area contributed by atoms with E-state index in [2.05, 4.69) is 25.6 Å². The molecule has 0 unspecified atom stereocenters. The van der Waals surface area contributed by atoms with E-state index in [0.29, 0.717) is 18.4 Å². The molecule has 32 heavy (non-hydrogen) atoms. The van der Waals surface area contributed by atoms with E-state index in [-0.39, 0.29) is 58.0 Å². The molecule has 0 saturated heterocycles. The second kappa shape index (κ2) is 10.4. The summed E-state index contributed by atoms with van der Waals surface area (Å²) in [5.41, 5.74) is 0.123. The third kappa shape index (κ3) is 4.81. The summed E-state index contributed by atoms with van der Waals surface area (Å²) >= 11 is 6.08. The summed E-state index contributed by atoms with van der Waals surface area (Å²) in [6, 6.07) is 4.21. The Morgan fingerprint density at radius 3 is 2.59 bits per heavy atom. The van der Waals surface area contributed by atoms with Crippen LogP contribution in [0.25, 0.3) is 22.5 Å². The lowest BCUT2D eigenvalue weighted by Gasteiger charge is -2.12. The van der Waals surface area contributed by atoms with E-state index in [1.54, 1.807) is 0 Å². The van der Waals surface area contributed by atoms with Crippen LogP contribution in [0.3, 0.4) is 0 Å². The lowest BCUT2D eigenvalue weighted by atomic mass is 9.98. The minimum absolute atomic E-state index is 0. The number of aryl methyl sites for hydroxylation is 1. The van der Waals surface area contributed by atoms with Crippen LogP contribution in [-0.2, 0) is 12.9 Å². The maximum Gasteiger partial charge on any atom is 0.355 e. The SMILES string of the molecule is Cl.[2H]c1c([2H])c([2H])c(-c2nn[nH]n2)c(-c2ccc(C([2H])([2H])n3c(CCCC)nc(Cl)c3C(=O)O)cc2)c1[2H]. The fourth-order valence-corrected chi connectivity index (χ4v) is 3.31. The van der Waals surface area contributed by atoms with Gasteiger partial charge in [0.05, 0.1) is 8.22 Å². The first-order valence-corrected chi connectivity index (χ1v) is 9.84. The summed E-state index contributed by atoms with van der Waals surface area (Å²) in [5, 5.41) is 22.9. The van der Waals surface area contributed by atoms with Crippen molar-refractivity contribution in [3.63, 3.8) is 0 Å². The van der Waals surface area contributed by atoms with Gasteiger partial charge >= 0.3 is 5.97 Å².